The van der Waals surface area contributed by atoms with E-state index in [2.05, 4.69) is 11.6 Å². The minimum Gasteiger partial charge on any atom is -0.481 e. The van der Waals surface area contributed by atoms with Crippen LogP contribution in [0.3, 0.4) is 0 Å². The second-order valence-corrected chi connectivity index (χ2v) is 14.5. The Hall–Kier alpha value is -1.87. The lowest BCUT2D eigenvalue weighted by Gasteiger charge is -2.55. The molecule has 2 fully saturated rings. The summed E-state index contributed by atoms with van der Waals surface area (Å²) in [5, 5.41) is 10.6. The van der Waals surface area contributed by atoms with Crippen molar-refractivity contribution in [3.63, 3.8) is 0 Å². The molecule has 7 atom stereocenters. The van der Waals surface area contributed by atoms with Crippen molar-refractivity contribution >= 4 is 45.1 Å². The number of halogens is 2. The first-order valence-electron chi connectivity index (χ1n) is 13.6. The second kappa shape index (κ2) is 11.6. The Morgan fingerprint density at radius 1 is 1.28 bits per heavy atom. The summed E-state index contributed by atoms with van der Waals surface area (Å²) in [6.07, 6.45) is 7.60. The quantitative estimate of drug-likeness (QED) is 0.360. The van der Waals surface area contributed by atoms with Crippen LogP contribution in [0.4, 0.5) is 0 Å². The Bertz CT molecular complexity index is 1280. The number of carboxylic acids is 1. The molecule has 1 aromatic carbocycles. The third-order valence-corrected chi connectivity index (χ3v) is 11.1. The fourth-order valence-electron chi connectivity index (χ4n) is 6.52. The SMILES string of the molecule is CC[C@@H]([C@H](C)NS(=O)(=O)C1CC1)N1C(=O)[C@@](C)(CC(=O)O)C[C@H](c2cccc(Cl)c2)C1C1C=CC(Cl)=CC1C. The molecule has 39 heavy (non-hydrogen) atoms. The van der Waals surface area contributed by atoms with Crippen molar-refractivity contribution in [2.75, 3.05) is 0 Å². The minimum absolute atomic E-state index is 0.00992. The largest absolute Gasteiger partial charge is 0.481 e. The van der Waals surface area contributed by atoms with Gasteiger partial charge in [-0.1, -0.05) is 68.3 Å². The van der Waals surface area contributed by atoms with Crippen LogP contribution in [0.25, 0.3) is 0 Å². The van der Waals surface area contributed by atoms with Gasteiger partial charge in [0.25, 0.3) is 0 Å². The summed E-state index contributed by atoms with van der Waals surface area (Å²) >= 11 is 12.8. The van der Waals surface area contributed by atoms with Gasteiger partial charge in [0.1, 0.15) is 0 Å². The van der Waals surface area contributed by atoms with Crippen LogP contribution in [0.1, 0.15) is 71.3 Å². The Balaban J connectivity index is 1.86. The van der Waals surface area contributed by atoms with Gasteiger partial charge in [0.15, 0.2) is 0 Å². The molecule has 1 amide bonds. The van der Waals surface area contributed by atoms with Gasteiger partial charge in [-0.05, 0) is 62.3 Å². The van der Waals surface area contributed by atoms with Gasteiger partial charge in [0, 0.05) is 40.0 Å². The number of likely N-dealkylation sites (tertiary alicyclic amines) is 1. The van der Waals surface area contributed by atoms with Crippen LogP contribution < -0.4 is 4.72 Å². The molecule has 2 aliphatic carbocycles. The first kappa shape index (κ1) is 30.1. The molecule has 0 bridgehead atoms. The molecule has 10 heteroatoms. The number of hydrogen-bond donors (Lipinski definition) is 2. The molecule has 1 heterocycles. The normalized spacial score (nSPS) is 31.1. The van der Waals surface area contributed by atoms with Crippen molar-refractivity contribution in [3.05, 3.63) is 58.1 Å². The molecule has 1 saturated heterocycles. The van der Waals surface area contributed by atoms with Crippen LogP contribution in [0.2, 0.25) is 5.02 Å². The maximum Gasteiger partial charge on any atom is 0.304 e. The van der Waals surface area contributed by atoms with E-state index in [9.17, 15) is 23.1 Å². The van der Waals surface area contributed by atoms with Crippen molar-refractivity contribution in [3.8, 4) is 0 Å². The zero-order chi connectivity index (χ0) is 28.7. The number of rotatable bonds is 10. The molecule has 0 spiro atoms. The first-order valence-corrected chi connectivity index (χ1v) is 15.9. The Labute approximate surface area is 241 Å². The number of aliphatic carboxylic acids is 1. The second-order valence-electron chi connectivity index (χ2n) is 11.7. The molecular weight excluding hydrogens is 559 g/mol. The van der Waals surface area contributed by atoms with Crippen molar-refractivity contribution in [1.82, 2.24) is 9.62 Å². The van der Waals surface area contributed by atoms with Crippen molar-refractivity contribution in [1.29, 1.82) is 0 Å². The molecule has 1 aromatic rings. The summed E-state index contributed by atoms with van der Waals surface area (Å²) in [5.74, 6) is -1.70. The van der Waals surface area contributed by atoms with Crippen LogP contribution in [0.15, 0.2) is 47.5 Å². The number of nitrogens with zero attached hydrogens (tertiary/aromatic N) is 1. The molecule has 2 N–H and O–H groups in total. The summed E-state index contributed by atoms with van der Waals surface area (Å²) in [6.45, 7) is 7.50. The van der Waals surface area contributed by atoms with E-state index < -0.39 is 38.7 Å². The molecule has 214 valence electrons. The third kappa shape index (κ3) is 6.39. The number of piperidine rings is 1. The zero-order valence-corrected chi connectivity index (χ0v) is 25.1. The van der Waals surface area contributed by atoms with Gasteiger partial charge in [0.2, 0.25) is 15.9 Å². The lowest BCUT2D eigenvalue weighted by molar-refractivity contribution is -0.162. The topological polar surface area (TPSA) is 104 Å². The average molecular weight is 598 g/mol. The van der Waals surface area contributed by atoms with Crippen LogP contribution in [-0.2, 0) is 19.6 Å². The van der Waals surface area contributed by atoms with Crippen molar-refractivity contribution in [2.24, 2.45) is 17.3 Å². The number of hydrogen-bond acceptors (Lipinski definition) is 4. The van der Waals surface area contributed by atoms with Crippen molar-refractivity contribution < 1.29 is 23.1 Å². The summed E-state index contributed by atoms with van der Waals surface area (Å²) in [4.78, 5) is 28.3. The fraction of sp³-hybridized carbons (Fsp3) is 0.586. The van der Waals surface area contributed by atoms with E-state index in [0.717, 1.165) is 5.56 Å². The number of amides is 1. The maximum atomic E-state index is 14.5. The van der Waals surface area contributed by atoms with Crippen molar-refractivity contribution in [2.45, 2.75) is 89.1 Å². The smallest absolute Gasteiger partial charge is 0.304 e. The van der Waals surface area contributed by atoms with E-state index in [4.69, 9.17) is 23.2 Å². The molecular formula is C29H38Cl2N2O5S. The Morgan fingerprint density at radius 3 is 2.54 bits per heavy atom. The maximum absolute atomic E-state index is 14.5. The van der Waals surface area contributed by atoms with E-state index in [0.29, 0.717) is 35.7 Å². The summed E-state index contributed by atoms with van der Waals surface area (Å²) in [7, 11) is -3.52. The van der Waals surface area contributed by atoms with Crippen LogP contribution >= 0.6 is 23.2 Å². The number of carbonyl (C=O) groups excluding carboxylic acids is 1. The average Bonchev–Trinajstić information content (AvgIpc) is 3.68. The van der Waals surface area contributed by atoms with Gasteiger partial charge in [-0.15, -0.1) is 0 Å². The zero-order valence-electron chi connectivity index (χ0n) is 22.8. The molecule has 0 radical (unpaired) electrons. The van der Waals surface area contributed by atoms with Crippen LogP contribution in [0, 0.1) is 17.3 Å². The van der Waals surface area contributed by atoms with Gasteiger partial charge in [-0.25, -0.2) is 13.1 Å². The van der Waals surface area contributed by atoms with E-state index in [1.165, 1.54) is 0 Å². The summed E-state index contributed by atoms with van der Waals surface area (Å²) in [5.41, 5.74) is -0.267. The molecule has 4 rings (SSSR count). The van der Waals surface area contributed by atoms with E-state index >= 15 is 0 Å². The molecule has 7 nitrogen and oxygen atoms in total. The minimum atomic E-state index is -3.52. The van der Waals surface area contributed by atoms with Crippen LogP contribution in [-0.4, -0.2) is 53.7 Å². The standard InChI is InChI=1S/C29H38Cl2N2O5S/c1-5-25(18(3)32-39(37,38)22-10-11-22)33-27(23-12-9-21(31)13-17(23)2)24(19-7-6-8-20(30)14-19)15-29(4,28(33)36)16-26(34)35/h6-9,12-14,17-18,22-25,27,32H,5,10-11,15-16H2,1-4H3,(H,34,35)/t17?,18-,23?,24+,25-,27?,29+/m0/s1. The highest BCUT2D eigenvalue weighted by Gasteiger charge is 2.55. The Morgan fingerprint density at radius 2 is 1.97 bits per heavy atom. The monoisotopic (exact) mass is 596 g/mol. The molecule has 3 aliphatic rings. The first-order chi connectivity index (χ1) is 18.3. The fourth-order valence-corrected chi connectivity index (χ4v) is 8.61. The van der Waals surface area contributed by atoms with E-state index in [1.807, 2.05) is 48.3 Å². The van der Waals surface area contributed by atoms with E-state index in [1.54, 1.807) is 19.9 Å². The Kier molecular flexibility index (Phi) is 8.91. The molecule has 0 aromatic heterocycles. The van der Waals surface area contributed by atoms with E-state index in [-0.39, 0.29) is 36.1 Å². The molecule has 3 unspecified atom stereocenters. The van der Waals surface area contributed by atoms with Gasteiger partial charge in [-0.3, -0.25) is 9.59 Å². The predicted octanol–water partition coefficient (Wildman–Crippen LogP) is 5.70. The molecule has 1 saturated carbocycles. The van der Waals surface area contributed by atoms with Crippen LogP contribution in [0.5, 0.6) is 0 Å². The number of sulfonamides is 1. The summed E-state index contributed by atoms with van der Waals surface area (Å²) < 4.78 is 28.7. The van der Waals surface area contributed by atoms with Gasteiger partial charge in [0.05, 0.1) is 17.1 Å². The highest BCUT2D eigenvalue weighted by Crippen LogP contribution is 2.50. The summed E-state index contributed by atoms with van der Waals surface area (Å²) in [6, 6.07) is 6.08. The molecule has 1 aliphatic heterocycles. The lowest BCUT2D eigenvalue weighted by Crippen LogP contribution is -2.65. The number of nitrogens with one attached hydrogen (secondary N) is 1. The number of benzene rings is 1. The highest BCUT2D eigenvalue weighted by molar-refractivity contribution is 7.90. The lowest BCUT2D eigenvalue weighted by atomic mass is 9.63. The predicted molar refractivity (Wildman–Crippen MR) is 154 cm³/mol. The van der Waals surface area contributed by atoms with Gasteiger partial charge < -0.3 is 10.0 Å². The number of carbonyl (C=O) groups is 2. The number of carboxylic acid groups (broad SMARTS) is 1. The number of allylic oxidation sites excluding steroid dienone is 3. The van der Waals surface area contributed by atoms with Gasteiger partial charge >= 0.3 is 5.97 Å². The third-order valence-electron chi connectivity index (χ3n) is 8.54. The van der Waals surface area contributed by atoms with Gasteiger partial charge in [-0.2, -0.15) is 0 Å². The highest BCUT2D eigenvalue weighted by atomic mass is 35.5.